The minimum Gasteiger partial charge on any atom is -0.274 e. The van der Waals surface area contributed by atoms with Gasteiger partial charge in [-0.3, -0.25) is 24.5 Å². The number of hydrazone groups is 1. The summed E-state index contributed by atoms with van der Waals surface area (Å²) >= 11 is 0. The molecule has 1 heterocycles. The lowest BCUT2D eigenvalue weighted by Gasteiger charge is -2.52. The molecule has 9 nitrogen and oxygen atoms in total. The molecular weight excluding hydrogens is 544 g/mol. The number of nitrogens with zero attached hydrogens (tertiary/aromatic N) is 3. The van der Waals surface area contributed by atoms with E-state index in [1.807, 2.05) is 78.9 Å². The van der Waals surface area contributed by atoms with Gasteiger partial charge in [0.15, 0.2) is 0 Å². The highest BCUT2D eigenvalue weighted by atomic mass is 16.6. The van der Waals surface area contributed by atoms with Crippen molar-refractivity contribution in [2.75, 3.05) is 4.90 Å². The molecule has 0 radical (unpaired) electrons. The minimum atomic E-state index is -1.20. The summed E-state index contributed by atoms with van der Waals surface area (Å²) in [5.74, 6) is -3.51. The first-order valence-electron chi connectivity index (χ1n) is 14.0. The van der Waals surface area contributed by atoms with E-state index >= 15 is 0 Å². The molecule has 3 amide bonds. The van der Waals surface area contributed by atoms with Gasteiger partial charge in [-0.25, -0.2) is 10.3 Å². The lowest BCUT2D eigenvalue weighted by atomic mass is 9.47. The van der Waals surface area contributed by atoms with Gasteiger partial charge in [0.05, 0.1) is 28.6 Å². The van der Waals surface area contributed by atoms with E-state index in [4.69, 9.17) is 0 Å². The molecule has 9 heteroatoms. The summed E-state index contributed by atoms with van der Waals surface area (Å²) in [4.78, 5) is 54.1. The van der Waals surface area contributed by atoms with Crippen LogP contribution in [0.4, 0.5) is 11.4 Å². The average molecular weight is 571 g/mol. The summed E-state index contributed by atoms with van der Waals surface area (Å²) < 4.78 is 0. The number of anilines is 1. The van der Waals surface area contributed by atoms with Crippen LogP contribution in [-0.2, 0) is 26.2 Å². The number of carbonyl (C=O) groups is 3. The fourth-order valence-electron chi connectivity index (χ4n) is 7.28. The largest absolute Gasteiger partial charge is 0.293 e. The van der Waals surface area contributed by atoms with Crippen LogP contribution in [0.2, 0.25) is 0 Å². The molecule has 2 bridgehead atoms. The zero-order chi connectivity index (χ0) is 29.9. The van der Waals surface area contributed by atoms with Crippen LogP contribution in [0.3, 0.4) is 0 Å². The number of rotatable bonds is 6. The van der Waals surface area contributed by atoms with E-state index in [1.54, 1.807) is 19.2 Å². The van der Waals surface area contributed by atoms with Gasteiger partial charge in [-0.15, -0.1) is 0 Å². The molecule has 4 aliphatic rings. The predicted octanol–water partition coefficient (Wildman–Crippen LogP) is 4.80. The van der Waals surface area contributed by atoms with E-state index in [1.165, 1.54) is 12.1 Å². The SMILES string of the molecule is Cc1ccc(N2C(=O)[C@H]3C4c5ccccc5C(/C=N\NC(=O)Cc5ccccc5)(c5ccccc54)[C@H]3C2=O)c([N+](=O)[O-])c1. The summed E-state index contributed by atoms with van der Waals surface area (Å²) in [6, 6.07) is 29.1. The van der Waals surface area contributed by atoms with Crippen molar-refractivity contribution in [3.8, 4) is 0 Å². The van der Waals surface area contributed by atoms with E-state index in [0.29, 0.717) is 5.56 Å². The molecular formula is C34H26N4O5. The second-order valence-electron chi connectivity index (χ2n) is 11.2. The Hall–Kier alpha value is -5.44. The van der Waals surface area contributed by atoms with Crippen LogP contribution in [0.15, 0.2) is 102 Å². The first kappa shape index (κ1) is 26.5. The van der Waals surface area contributed by atoms with Crippen LogP contribution in [0.5, 0.6) is 0 Å². The Balaban J connectivity index is 1.38. The smallest absolute Gasteiger partial charge is 0.274 e. The fraction of sp³-hybridized carbons (Fsp3) is 0.176. The Morgan fingerprint density at radius 3 is 2.21 bits per heavy atom. The van der Waals surface area contributed by atoms with Gasteiger partial charge in [0.25, 0.3) is 5.69 Å². The van der Waals surface area contributed by atoms with Crippen LogP contribution in [0.1, 0.15) is 39.3 Å². The summed E-state index contributed by atoms with van der Waals surface area (Å²) in [5.41, 5.74) is 5.97. The van der Waals surface area contributed by atoms with Crippen LogP contribution >= 0.6 is 0 Å². The first-order valence-corrected chi connectivity index (χ1v) is 14.0. The number of hydrogen-bond acceptors (Lipinski definition) is 6. The van der Waals surface area contributed by atoms with Crippen molar-refractivity contribution in [1.29, 1.82) is 0 Å². The molecule has 4 aromatic carbocycles. The van der Waals surface area contributed by atoms with Gasteiger partial charge in [0.2, 0.25) is 17.7 Å². The minimum absolute atomic E-state index is 0.0456. The molecule has 1 saturated heterocycles. The number of nitrogens with one attached hydrogen (secondary N) is 1. The molecule has 212 valence electrons. The lowest BCUT2D eigenvalue weighted by molar-refractivity contribution is -0.384. The molecule has 0 spiro atoms. The van der Waals surface area contributed by atoms with Gasteiger partial charge < -0.3 is 0 Å². The van der Waals surface area contributed by atoms with Crippen molar-refractivity contribution in [1.82, 2.24) is 5.43 Å². The molecule has 2 atom stereocenters. The quantitative estimate of drug-likeness (QED) is 0.155. The summed E-state index contributed by atoms with van der Waals surface area (Å²) in [6.45, 7) is 1.72. The molecule has 1 fully saturated rings. The van der Waals surface area contributed by atoms with Gasteiger partial charge in [-0.05, 0) is 46.4 Å². The molecule has 1 aliphatic heterocycles. The molecule has 1 N–H and O–H groups in total. The third-order valence-electron chi connectivity index (χ3n) is 8.92. The van der Waals surface area contributed by atoms with Crippen molar-refractivity contribution in [2.24, 2.45) is 16.9 Å². The van der Waals surface area contributed by atoms with Gasteiger partial charge in [-0.1, -0.05) is 84.9 Å². The lowest BCUT2D eigenvalue weighted by Crippen LogP contribution is -2.54. The van der Waals surface area contributed by atoms with Crippen molar-refractivity contribution in [3.05, 3.63) is 141 Å². The molecule has 0 aromatic heterocycles. The van der Waals surface area contributed by atoms with E-state index in [9.17, 15) is 24.5 Å². The maximum atomic E-state index is 14.5. The number of nitro benzene ring substituents is 1. The van der Waals surface area contributed by atoms with Crippen LogP contribution in [0, 0.1) is 28.9 Å². The summed E-state index contributed by atoms with van der Waals surface area (Å²) in [5, 5.41) is 16.5. The van der Waals surface area contributed by atoms with Crippen molar-refractivity contribution < 1.29 is 19.3 Å². The number of aryl methyl sites for hydroxylation is 1. The van der Waals surface area contributed by atoms with Crippen molar-refractivity contribution in [2.45, 2.75) is 24.7 Å². The molecule has 4 aromatic rings. The zero-order valence-electron chi connectivity index (χ0n) is 23.1. The second kappa shape index (κ2) is 9.84. The number of carbonyl (C=O) groups excluding carboxylic acids is 3. The van der Waals surface area contributed by atoms with Gasteiger partial charge in [-0.2, -0.15) is 5.10 Å². The summed E-state index contributed by atoms with van der Waals surface area (Å²) in [7, 11) is 0. The van der Waals surface area contributed by atoms with E-state index in [2.05, 4.69) is 10.5 Å². The van der Waals surface area contributed by atoms with E-state index < -0.39 is 39.9 Å². The molecule has 43 heavy (non-hydrogen) atoms. The number of nitro groups is 1. The van der Waals surface area contributed by atoms with Gasteiger partial charge in [0, 0.05) is 18.2 Å². The van der Waals surface area contributed by atoms with Crippen LogP contribution < -0.4 is 10.3 Å². The Kier molecular flexibility index (Phi) is 6.05. The standard InChI is InChI=1S/C34H26N4O5/c1-20-15-16-26(27(17-20)38(42)43)37-32(40)30-29-22-11-5-7-13-24(22)34(31(30)33(37)41,25-14-8-6-12-23(25)29)19-35-36-28(39)18-21-9-3-2-4-10-21/h2-17,19,29-31H,18H2,1H3,(H,36,39)/b35-19-/t29?,30-,31+,34?/m0/s1. The van der Waals surface area contributed by atoms with Crippen molar-refractivity contribution >= 4 is 35.3 Å². The number of imide groups is 1. The monoisotopic (exact) mass is 570 g/mol. The topological polar surface area (TPSA) is 122 Å². The molecule has 8 rings (SSSR count). The van der Waals surface area contributed by atoms with Crippen molar-refractivity contribution in [3.63, 3.8) is 0 Å². The Morgan fingerprint density at radius 1 is 0.930 bits per heavy atom. The Bertz CT molecular complexity index is 1820. The first-order chi connectivity index (χ1) is 20.8. The van der Waals surface area contributed by atoms with E-state index in [0.717, 1.165) is 32.7 Å². The third-order valence-corrected chi connectivity index (χ3v) is 8.92. The molecule has 3 aliphatic carbocycles. The Labute approximate surface area is 247 Å². The van der Waals surface area contributed by atoms with Gasteiger partial charge in [0.1, 0.15) is 5.69 Å². The third kappa shape index (κ3) is 3.85. The maximum Gasteiger partial charge on any atom is 0.293 e. The molecule has 0 saturated carbocycles. The Morgan fingerprint density at radius 2 is 1.56 bits per heavy atom. The fourth-order valence-corrected chi connectivity index (χ4v) is 7.28. The summed E-state index contributed by atoms with van der Waals surface area (Å²) in [6.07, 6.45) is 1.70. The predicted molar refractivity (Wildman–Crippen MR) is 160 cm³/mol. The van der Waals surface area contributed by atoms with Gasteiger partial charge >= 0.3 is 0 Å². The second-order valence-corrected chi connectivity index (χ2v) is 11.2. The molecule has 0 unspecified atom stereocenters. The highest BCUT2D eigenvalue weighted by Crippen LogP contribution is 2.63. The van der Waals surface area contributed by atoms with Crippen LogP contribution in [0.25, 0.3) is 0 Å². The average Bonchev–Trinajstić information content (AvgIpc) is 3.28. The van der Waals surface area contributed by atoms with E-state index in [-0.39, 0.29) is 23.7 Å². The highest BCUT2D eigenvalue weighted by Gasteiger charge is 2.68. The zero-order valence-corrected chi connectivity index (χ0v) is 23.1. The maximum absolute atomic E-state index is 14.5. The number of hydrogen-bond donors (Lipinski definition) is 1. The highest BCUT2D eigenvalue weighted by molar-refractivity contribution is 6.25. The number of benzene rings is 4. The normalized spacial score (nSPS) is 23.2. The number of amides is 3. The van der Waals surface area contributed by atoms with Crippen LogP contribution in [-0.4, -0.2) is 28.9 Å².